The molecule has 0 radical (unpaired) electrons. The highest BCUT2D eigenvalue weighted by molar-refractivity contribution is 6.62. The van der Waals surface area contributed by atoms with Crippen molar-refractivity contribution in [3.8, 4) is 5.75 Å². The number of hydrogen-bond donors (Lipinski definition) is 1. The molecule has 26 heavy (non-hydrogen) atoms. The maximum atomic E-state index is 11.3. The van der Waals surface area contributed by atoms with Gasteiger partial charge in [0, 0.05) is 0 Å². The van der Waals surface area contributed by atoms with E-state index in [1.54, 1.807) is 0 Å². The molecule has 0 aromatic heterocycles. The van der Waals surface area contributed by atoms with Gasteiger partial charge in [0.15, 0.2) is 0 Å². The number of ether oxygens (including phenoxy) is 1. The Morgan fingerprint density at radius 2 is 1.92 bits per heavy atom. The van der Waals surface area contributed by atoms with Gasteiger partial charge in [-0.25, -0.2) is 0 Å². The van der Waals surface area contributed by atoms with Crippen molar-refractivity contribution in [1.29, 1.82) is 0 Å². The number of aryl methyl sites for hydroxylation is 1. The highest BCUT2D eigenvalue weighted by atomic mass is 16.7. The topological polar surface area (TPSA) is 65.0 Å². The van der Waals surface area contributed by atoms with Crippen molar-refractivity contribution in [3.05, 3.63) is 23.8 Å². The smallest absolute Gasteiger partial charge is 0.490 e. The van der Waals surface area contributed by atoms with Crippen LogP contribution in [-0.2, 0) is 20.5 Å². The zero-order valence-corrected chi connectivity index (χ0v) is 16.4. The fraction of sp³-hybridized carbons (Fsp3) is 0.650. The maximum absolute atomic E-state index is 11.3. The summed E-state index contributed by atoms with van der Waals surface area (Å²) in [6.07, 6.45) is 2.87. The van der Waals surface area contributed by atoms with E-state index in [1.807, 2.05) is 46.8 Å². The van der Waals surface area contributed by atoms with Crippen LogP contribution >= 0.6 is 0 Å². The molecule has 1 aromatic rings. The van der Waals surface area contributed by atoms with Gasteiger partial charge in [-0.15, -0.1) is 0 Å². The van der Waals surface area contributed by atoms with Gasteiger partial charge >= 0.3 is 13.1 Å². The van der Waals surface area contributed by atoms with E-state index in [4.69, 9.17) is 14.0 Å². The molecule has 0 bridgehead atoms. The second-order valence-electron chi connectivity index (χ2n) is 8.41. The lowest BCUT2D eigenvalue weighted by Gasteiger charge is -2.32. The summed E-state index contributed by atoms with van der Waals surface area (Å²) in [5.74, 6) is -0.231. The summed E-state index contributed by atoms with van der Waals surface area (Å²) in [4.78, 5) is 11.3. The molecule has 1 saturated heterocycles. The number of carboxylic acids is 1. The largest absolute Gasteiger partial charge is 0.494 e. The Hall–Kier alpha value is -1.53. The number of fused-ring (bicyclic) bond motifs is 1. The van der Waals surface area contributed by atoms with Crippen LogP contribution < -0.4 is 10.2 Å². The Balaban J connectivity index is 1.71. The summed E-state index contributed by atoms with van der Waals surface area (Å²) in [5, 5.41) is 9.26. The fourth-order valence-corrected chi connectivity index (χ4v) is 3.52. The van der Waals surface area contributed by atoms with Crippen LogP contribution in [0.1, 0.15) is 59.4 Å². The van der Waals surface area contributed by atoms with E-state index in [-0.39, 0.29) is 30.3 Å². The van der Waals surface area contributed by atoms with Gasteiger partial charge in [-0.2, -0.15) is 0 Å². The van der Waals surface area contributed by atoms with Crippen LogP contribution in [0.4, 0.5) is 0 Å². The van der Waals surface area contributed by atoms with Crippen LogP contribution in [0.25, 0.3) is 0 Å². The summed E-state index contributed by atoms with van der Waals surface area (Å²) in [7, 11) is -0.375. The van der Waals surface area contributed by atoms with Crippen LogP contribution in [0.3, 0.4) is 0 Å². The first-order valence-electron chi connectivity index (χ1n) is 9.51. The van der Waals surface area contributed by atoms with Crippen LogP contribution in [0, 0.1) is 5.92 Å². The van der Waals surface area contributed by atoms with E-state index in [2.05, 4.69) is 6.07 Å². The summed E-state index contributed by atoms with van der Waals surface area (Å²) in [6.45, 7) is 10.1. The lowest BCUT2D eigenvalue weighted by molar-refractivity contribution is -0.142. The highest BCUT2D eigenvalue weighted by Crippen LogP contribution is 2.37. The Bertz CT molecular complexity index is 669. The molecule has 2 heterocycles. The molecule has 2 aliphatic heterocycles. The van der Waals surface area contributed by atoms with Crippen molar-refractivity contribution in [2.45, 2.75) is 77.6 Å². The average Bonchev–Trinajstić information content (AvgIpc) is 2.79. The number of hydrogen-bond acceptors (Lipinski definition) is 4. The van der Waals surface area contributed by atoms with Gasteiger partial charge in [0.05, 0.1) is 23.2 Å². The van der Waals surface area contributed by atoms with Gasteiger partial charge in [-0.3, -0.25) is 4.79 Å². The number of carbonyl (C=O) groups is 1. The minimum absolute atomic E-state index is 0.0359. The molecule has 1 aromatic carbocycles. The molecule has 142 valence electrons. The molecule has 2 atom stereocenters. The van der Waals surface area contributed by atoms with Crippen molar-refractivity contribution in [2.24, 2.45) is 5.92 Å². The molecule has 1 N–H and O–H groups in total. The molecule has 1 fully saturated rings. The van der Waals surface area contributed by atoms with Crippen LogP contribution in [-0.4, -0.2) is 35.5 Å². The second kappa shape index (κ2) is 6.89. The Morgan fingerprint density at radius 1 is 1.27 bits per heavy atom. The fourth-order valence-electron chi connectivity index (χ4n) is 3.52. The number of benzene rings is 1. The van der Waals surface area contributed by atoms with Crippen molar-refractivity contribution in [1.82, 2.24) is 0 Å². The van der Waals surface area contributed by atoms with Gasteiger partial charge in [-0.1, -0.05) is 19.1 Å². The maximum Gasteiger partial charge on any atom is 0.494 e. The van der Waals surface area contributed by atoms with Gasteiger partial charge in [0.2, 0.25) is 0 Å². The zero-order chi connectivity index (χ0) is 19.1. The van der Waals surface area contributed by atoms with Crippen molar-refractivity contribution in [3.63, 3.8) is 0 Å². The summed E-state index contributed by atoms with van der Waals surface area (Å²) in [6, 6.07) is 6.05. The normalized spacial score (nSPS) is 24.7. The lowest BCUT2D eigenvalue weighted by Crippen LogP contribution is -2.41. The van der Waals surface area contributed by atoms with Crippen molar-refractivity contribution >= 4 is 18.6 Å². The number of aliphatic carboxylic acids is 1. The third kappa shape index (κ3) is 3.62. The molecule has 2 unspecified atom stereocenters. The minimum atomic E-state index is -0.738. The summed E-state index contributed by atoms with van der Waals surface area (Å²) in [5.41, 5.74) is 1.42. The molecular formula is C20H29BO5. The SMILES string of the molecule is CCC(CC1CCc2cc(B3OC(C)(C)C(C)(C)O3)ccc2O1)C(=O)O. The first-order valence-corrected chi connectivity index (χ1v) is 9.51. The molecule has 0 aliphatic carbocycles. The average molecular weight is 360 g/mol. The Labute approximate surface area is 156 Å². The third-order valence-corrected chi connectivity index (χ3v) is 6.03. The first kappa shape index (κ1) is 19.2. The molecule has 5 nitrogen and oxygen atoms in total. The van der Waals surface area contributed by atoms with Gasteiger partial charge in [0.1, 0.15) is 5.75 Å². The van der Waals surface area contributed by atoms with Crippen LogP contribution in [0.5, 0.6) is 5.75 Å². The Kier molecular flexibility index (Phi) is 5.10. The zero-order valence-electron chi connectivity index (χ0n) is 16.4. The van der Waals surface area contributed by atoms with Crippen LogP contribution in [0.15, 0.2) is 18.2 Å². The van der Waals surface area contributed by atoms with Gasteiger partial charge in [0.25, 0.3) is 0 Å². The van der Waals surface area contributed by atoms with E-state index in [0.717, 1.165) is 29.6 Å². The second-order valence-corrected chi connectivity index (χ2v) is 8.41. The van der Waals surface area contributed by atoms with Gasteiger partial charge < -0.3 is 19.2 Å². The number of rotatable bonds is 5. The van der Waals surface area contributed by atoms with E-state index in [0.29, 0.717) is 12.8 Å². The molecule has 0 amide bonds. The predicted octanol–water partition coefficient (Wildman–Crippen LogP) is 3.18. The first-order chi connectivity index (χ1) is 12.1. The molecule has 6 heteroatoms. The van der Waals surface area contributed by atoms with E-state index < -0.39 is 5.97 Å². The predicted molar refractivity (Wildman–Crippen MR) is 101 cm³/mol. The Morgan fingerprint density at radius 3 is 2.50 bits per heavy atom. The monoisotopic (exact) mass is 360 g/mol. The van der Waals surface area contributed by atoms with E-state index in [9.17, 15) is 9.90 Å². The van der Waals surface area contributed by atoms with E-state index >= 15 is 0 Å². The lowest BCUT2D eigenvalue weighted by atomic mass is 9.77. The van der Waals surface area contributed by atoms with Gasteiger partial charge in [-0.05, 0) is 70.5 Å². The molecule has 0 spiro atoms. The standard InChI is InChI=1S/C20H29BO5/c1-6-13(18(22)23)12-16-9-7-14-11-15(8-10-17(14)24-16)21-25-19(2,3)20(4,5)26-21/h8,10-11,13,16H,6-7,9,12H2,1-5H3,(H,22,23). The quantitative estimate of drug-likeness (QED) is 0.817. The molecule has 2 aliphatic rings. The summed E-state index contributed by atoms with van der Waals surface area (Å²) < 4.78 is 18.3. The molecule has 3 rings (SSSR count). The highest BCUT2D eigenvalue weighted by Gasteiger charge is 2.51. The van der Waals surface area contributed by atoms with Crippen molar-refractivity contribution in [2.75, 3.05) is 0 Å². The molecular weight excluding hydrogens is 331 g/mol. The third-order valence-electron chi connectivity index (χ3n) is 6.03. The number of carboxylic acid groups (broad SMARTS) is 1. The minimum Gasteiger partial charge on any atom is -0.490 e. The molecule has 0 saturated carbocycles. The summed E-state index contributed by atoms with van der Waals surface area (Å²) >= 11 is 0. The van der Waals surface area contributed by atoms with E-state index in [1.165, 1.54) is 0 Å². The van der Waals surface area contributed by atoms with Crippen LogP contribution in [0.2, 0.25) is 0 Å². The van der Waals surface area contributed by atoms with Crippen molar-refractivity contribution < 1.29 is 23.9 Å².